The van der Waals surface area contributed by atoms with Gasteiger partial charge in [0, 0.05) is 7.05 Å². The molecule has 0 aliphatic carbocycles. The van der Waals surface area contributed by atoms with Crippen molar-refractivity contribution < 1.29 is 14.3 Å². The zero-order valence-corrected chi connectivity index (χ0v) is 15.0. The van der Waals surface area contributed by atoms with Crippen LogP contribution < -0.4 is 5.73 Å². The highest BCUT2D eigenvalue weighted by molar-refractivity contribution is 6.00. The van der Waals surface area contributed by atoms with Crippen molar-refractivity contribution in [3.05, 3.63) is 59.7 Å². The molecule has 6 nitrogen and oxygen atoms in total. The average Bonchev–Trinajstić information content (AvgIpc) is 2.65. The SMILES string of the molecule is COC(=O)c1ccc(-c2ccccc2)cc1C1(C)CC(=O)N(C)C(N)=N1. The van der Waals surface area contributed by atoms with Gasteiger partial charge in [-0.1, -0.05) is 36.4 Å². The third kappa shape index (κ3) is 3.06. The molecule has 6 heteroatoms. The Bertz CT molecular complexity index is 892. The van der Waals surface area contributed by atoms with Crippen LogP contribution in [0.3, 0.4) is 0 Å². The van der Waals surface area contributed by atoms with Crippen LogP contribution in [0.1, 0.15) is 29.3 Å². The topological polar surface area (TPSA) is 85.0 Å². The number of guanidine groups is 1. The summed E-state index contributed by atoms with van der Waals surface area (Å²) in [6.07, 6.45) is 0.117. The Labute approximate surface area is 152 Å². The molecule has 0 aromatic heterocycles. The van der Waals surface area contributed by atoms with Crippen LogP contribution in [0, 0.1) is 0 Å². The van der Waals surface area contributed by atoms with Gasteiger partial charge in [0.2, 0.25) is 5.91 Å². The third-order valence-corrected chi connectivity index (χ3v) is 4.69. The minimum absolute atomic E-state index is 0.117. The Kier molecular flexibility index (Phi) is 4.50. The predicted octanol–water partition coefficient (Wildman–Crippen LogP) is 2.53. The van der Waals surface area contributed by atoms with Crippen molar-refractivity contribution >= 4 is 17.8 Å². The number of hydrogen-bond acceptors (Lipinski definition) is 5. The quantitative estimate of drug-likeness (QED) is 0.861. The molecule has 2 N–H and O–H groups in total. The number of aliphatic imine (C=N–C) groups is 1. The first kappa shape index (κ1) is 17.7. The lowest BCUT2D eigenvalue weighted by Gasteiger charge is -2.34. The molecule has 1 amide bonds. The summed E-state index contributed by atoms with van der Waals surface area (Å²) in [4.78, 5) is 30.5. The minimum Gasteiger partial charge on any atom is -0.465 e. The number of nitrogens with two attached hydrogens (primary N) is 1. The van der Waals surface area contributed by atoms with Gasteiger partial charge in [0.25, 0.3) is 0 Å². The predicted molar refractivity (Wildman–Crippen MR) is 99.6 cm³/mol. The molecule has 2 aromatic carbocycles. The Hall–Kier alpha value is -3.15. The normalized spacial score (nSPS) is 19.9. The van der Waals surface area contributed by atoms with Gasteiger partial charge in [-0.3, -0.25) is 9.69 Å². The third-order valence-electron chi connectivity index (χ3n) is 4.69. The molecule has 1 aliphatic heterocycles. The number of ether oxygens (including phenoxy) is 1. The van der Waals surface area contributed by atoms with Crippen LogP contribution in [0.4, 0.5) is 0 Å². The highest BCUT2D eigenvalue weighted by Crippen LogP contribution is 2.37. The molecule has 26 heavy (non-hydrogen) atoms. The van der Waals surface area contributed by atoms with Crippen molar-refractivity contribution in [1.29, 1.82) is 0 Å². The van der Waals surface area contributed by atoms with Crippen LogP contribution in [0.5, 0.6) is 0 Å². The highest BCUT2D eigenvalue weighted by atomic mass is 16.5. The number of carbonyl (C=O) groups excluding carboxylic acids is 2. The molecule has 2 aromatic rings. The maximum absolute atomic E-state index is 12.3. The molecule has 1 heterocycles. The van der Waals surface area contributed by atoms with E-state index in [0.29, 0.717) is 11.1 Å². The summed E-state index contributed by atoms with van der Waals surface area (Å²) in [6.45, 7) is 1.81. The molecule has 0 bridgehead atoms. The summed E-state index contributed by atoms with van der Waals surface area (Å²) in [6, 6.07) is 15.3. The average molecular weight is 351 g/mol. The van der Waals surface area contributed by atoms with E-state index in [0.717, 1.165) is 11.1 Å². The lowest BCUT2D eigenvalue weighted by atomic mass is 9.83. The van der Waals surface area contributed by atoms with Crippen LogP contribution in [0.15, 0.2) is 53.5 Å². The van der Waals surface area contributed by atoms with E-state index in [1.165, 1.54) is 12.0 Å². The number of carbonyl (C=O) groups is 2. The fourth-order valence-corrected chi connectivity index (χ4v) is 3.15. The van der Waals surface area contributed by atoms with E-state index in [1.807, 2.05) is 42.5 Å². The van der Waals surface area contributed by atoms with E-state index in [1.54, 1.807) is 20.0 Å². The molecular weight excluding hydrogens is 330 g/mol. The molecule has 1 aliphatic rings. The van der Waals surface area contributed by atoms with Gasteiger partial charge in [-0.05, 0) is 35.7 Å². The number of methoxy groups -OCH3 is 1. The van der Waals surface area contributed by atoms with Crippen molar-refractivity contribution in [2.75, 3.05) is 14.2 Å². The van der Waals surface area contributed by atoms with Crippen molar-refractivity contribution in [2.45, 2.75) is 18.9 Å². The van der Waals surface area contributed by atoms with Crippen molar-refractivity contribution in [1.82, 2.24) is 4.90 Å². The molecule has 0 radical (unpaired) electrons. The van der Waals surface area contributed by atoms with Crippen LogP contribution >= 0.6 is 0 Å². The second kappa shape index (κ2) is 6.63. The van der Waals surface area contributed by atoms with E-state index in [-0.39, 0.29) is 18.3 Å². The summed E-state index contributed by atoms with van der Waals surface area (Å²) >= 11 is 0. The summed E-state index contributed by atoms with van der Waals surface area (Å²) in [7, 11) is 2.92. The van der Waals surface area contributed by atoms with E-state index >= 15 is 0 Å². The van der Waals surface area contributed by atoms with Crippen molar-refractivity contribution in [3.8, 4) is 11.1 Å². The molecule has 0 fully saturated rings. The lowest BCUT2D eigenvalue weighted by Crippen LogP contribution is -2.47. The standard InChI is InChI=1S/C20H21N3O3/c1-20(12-17(24)23(2)19(21)22-20)16-11-14(13-7-5-4-6-8-13)9-10-15(16)18(25)26-3/h4-11H,12H2,1-3H3,(H2,21,22). The van der Waals surface area contributed by atoms with Gasteiger partial charge in [-0.2, -0.15) is 0 Å². The monoisotopic (exact) mass is 351 g/mol. The summed E-state index contributed by atoms with van der Waals surface area (Å²) in [5, 5.41) is 0. The van der Waals surface area contributed by atoms with E-state index in [4.69, 9.17) is 10.5 Å². The molecule has 1 unspecified atom stereocenters. The van der Waals surface area contributed by atoms with Crippen LogP contribution in [0.25, 0.3) is 11.1 Å². The Morgan fingerprint density at radius 1 is 1.19 bits per heavy atom. The first-order valence-electron chi connectivity index (χ1n) is 8.26. The highest BCUT2D eigenvalue weighted by Gasteiger charge is 2.38. The molecule has 0 spiro atoms. The van der Waals surface area contributed by atoms with Gasteiger partial charge in [-0.15, -0.1) is 0 Å². The van der Waals surface area contributed by atoms with Crippen LogP contribution in [-0.2, 0) is 15.1 Å². The largest absolute Gasteiger partial charge is 0.465 e. The maximum atomic E-state index is 12.3. The number of benzene rings is 2. The Balaban J connectivity index is 2.20. The van der Waals surface area contributed by atoms with Crippen LogP contribution in [0.2, 0.25) is 0 Å². The molecule has 0 saturated carbocycles. The fourth-order valence-electron chi connectivity index (χ4n) is 3.15. The summed E-state index contributed by atoms with van der Waals surface area (Å²) in [5.41, 5.74) is 7.91. The van der Waals surface area contributed by atoms with Gasteiger partial charge >= 0.3 is 5.97 Å². The van der Waals surface area contributed by atoms with Gasteiger partial charge in [0.05, 0.1) is 24.6 Å². The molecular formula is C20H21N3O3. The van der Waals surface area contributed by atoms with E-state index in [9.17, 15) is 9.59 Å². The lowest BCUT2D eigenvalue weighted by molar-refractivity contribution is -0.128. The second-order valence-electron chi connectivity index (χ2n) is 6.49. The zero-order chi connectivity index (χ0) is 18.9. The zero-order valence-electron chi connectivity index (χ0n) is 15.0. The Morgan fingerprint density at radius 3 is 2.50 bits per heavy atom. The summed E-state index contributed by atoms with van der Waals surface area (Å²) in [5.74, 6) is -0.494. The maximum Gasteiger partial charge on any atom is 0.338 e. The van der Waals surface area contributed by atoms with Crippen LogP contribution in [-0.4, -0.2) is 36.9 Å². The number of hydrogen-bond donors (Lipinski definition) is 1. The van der Waals surface area contributed by atoms with Gasteiger partial charge < -0.3 is 10.5 Å². The van der Waals surface area contributed by atoms with E-state index in [2.05, 4.69) is 4.99 Å². The van der Waals surface area contributed by atoms with Gasteiger partial charge in [0.15, 0.2) is 5.96 Å². The van der Waals surface area contributed by atoms with Gasteiger partial charge in [0.1, 0.15) is 0 Å². The number of rotatable bonds is 3. The van der Waals surface area contributed by atoms with Crippen molar-refractivity contribution in [3.63, 3.8) is 0 Å². The number of amides is 1. The first-order chi connectivity index (χ1) is 12.4. The Morgan fingerprint density at radius 2 is 1.88 bits per heavy atom. The number of esters is 1. The summed E-state index contributed by atoms with van der Waals surface area (Å²) < 4.78 is 4.92. The van der Waals surface area contributed by atoms with Crippen molar-refractivity contribution in [2.24, 2.45) is 10.7 Å². The molecule has 134 valence electrons. The molecule has 0 saturated heterocycles. The smallest absolute Gasteiger partial charge is 0.338 e. The second-order valence-corrected chi connectivity index (χ2v) is 6.49. The minimum atomic E-state index is -0.942. The first-order valence-corrected chi connectivity index (χ1v) is 8.26. The van der Waals surface area contributed by atoms with Gasteiger partial charge in [-0.25, -0.2) is 9.79 Å². The molecule has 1 atom stereocenters. The number of nitrogens with zero attached hydrogens (tertiary/aromatic N) is 2. The molecule has 3 rings (SSSR count). The van der Waals surface area contributed by atoms with E-state index < -0.39 is 11.5 Å². The fraction of sp³-hybridized carbons (Fsp3) is 0.250.